The van der Waals surface area contributed by atoms with Crippen molar-refractivity contribution in [3.63, 3.8) is 0 Å². The highest BCUT2D eigenvalue weighted by molar-refractivity contribution is 7.99. The first-order chi connectivity index (χ1) is 6.72. The number of benzene rings is 1. The van der Waals surface area contributed by atoms with Gasteiger partial charge in [-0.3, -0.25) is 4.79 Å². The zero-order valence-corrected chi connectivity index (χ0v) is 8.84. The fraction of sp³-hybridized carbons (Fsp3) is 0.182. The molecule has 14 heavy (non-hydrogen) atoms. The molecule has 0 heterocycles. The van der Waals surface area contributed by atoms with Gasteiger partial charge in [-0.2, -0.15) is 0 Å². The topological polar surface area (TPSA) is 26.3 Å². The van der Waals surface area contributed by atoms with Crippen LogP contribution >= 0.6 is 11.8 Å². The van der Waals surface area contributed by atoms with E-state index in [1.807, 2.05) is 18.2 Å². The normalized spacial score (nSPS) is 9.50. The Kier molecular flexibility index (Phi) is 4.26. The molecule has 0 aromatic heterocycles. The van der Waals surface area contributed by atoms with E-state index in [1.54, 1.807) is 23.9 Å². The highest BCUT2D eigenvalue weighted by Crippen LogP contribution is 2.21. The van der Waals surface area contributed by atoms with Gasteiger partial charge >= 0.3 is 5.97 Å². The molecular formula is C11H12O2S. The van der Waals surface area contributed by atoms with Gasteiger partial charge in [0.2, 0.25) is 0 Å². The molecule has 0 aliphatic heterocycles. The van der Waals surface area contributed by atoms with E-state index in [0.29, 0.717) is 5.75 Å². The molecule has 74 valence electrons. The zero-order valence-electron chi connectivity index (χ0n) is 8.03. The Morgan fingerprint density at radius 1 is 1.50 bits per heavy atom. The Labute approximate surface area is 88.0 Å². The highest BCUT2D eigenvalue weighted by atomic mass is 32.2. The van der Waals surface area contributed by atoms with Crippen LogP contribution in [0.25, 0.3) is 0 Å². The first-order valence-corrected chi connectivity index (χ1v) is 5.23. The van der Waals surface area contributed by atoms with E-state index in [0.717, 1.165) is 10.6 Å². The lowest BCUT2D eigenvalue weighted by Gasteiger charge is -2.02. The number of thioether (sulfide) groups is 1. The first-order valence-electron chi connectivity index (χ1n) is 4.24. The van der Waals surface area contributed by atoms with E-state index in [-0.39, 0.29) is 5.97 Å². The summed E-state index contributed by atoms with van der Waals surface area (Å²) in [5, 5.41) is 0. The Hall–Kier alpha value is -1.22. The van der Waals surface area contributed by atoms with Gasteiger partial charge in [0.25, 0.3) is 0 Å². The van der Waals surface area contributed by atoms with Gasteiger partial charge in [-0.15, -0.1) is 18.3 Å². The Morgan fingerprint density at radius 3 is 2.64 bits per heavy atom. The molecule has 2 nitrogen and oxygen atoms in total. The third kappa shape index (κ3) is 3.66. The van der Waals surface area contributed by atoms with Crippen molar-refractivity contribution in [2.24, 2.45) is 0 Å². The Morgan fingerprint density at radius 2 is 2.14 bits per heavy atom. The van der Waals surface area contributed by atoms with E-state index in [1.165, 1.54) is 6.92 Å². The van der Waals surface area contributed by atoms with Crippen molar-refractivity contribution in [2.75, 3.05) is 5.75 Å². The SMILES string of the molecule is C=CCSc1ccc(OC(C)=O)cc1. The first kappa shape index (κ1) is 10.9. The van der Waals surface area contributed by atoms with Crippen LogP contribution in [0.2, 0.25) is 0 Å². The second kappa shape index (κ2) is 5.50. The van der Waals surface area contributed by atoms with Gasteiger partial charge < -0.3 is 4.74 Å². The van der Waals surface area contributed by atoms with Gasteiger partial charge in [-0.25, -0.2) is 0 Å². The molecule has 0 bridgehead atoms. The largest absolute Gasteiger partial charge is 0.427 e. The van der Waals surface area contributed by atoms with E-state index >= 15 is 0 Å². The third-order valence-corrected chi connectivity index (χ3v) is 2.46. The van der Waals surface area contributed by atoms with Gasteiger partial charge in [0.15, 0.2) is 0 Å². The standard InChI is InChI=1S/C11H12O2S/c1-3-8-14-11-6-4-10(5-7-11)13-9(2)12/h3-7H,1,8H2,2H3. The second-order valence-electron chi connectivity index (χ2n) is 2.66. The quantitative estimate of drug-likeness (QED) is 0.329. The molecule has 0 saturated carbocycles. The fourth-order valence-corrected chi connectivity index (χ4v) is 1.56. The minimum absolute atomic E-state index is 0.295. The fourth-order valence-electron chi connectivity index (χ4n) is 0.925. The molecule has 0 N–H and O–H groups in total. The summed E-state index contributed by atoms with van der Waals surface area (Å²) in [4.78, 5) is 11.8. The number of ether oxygens (including phenoxy) is 1. The molecule has 0 atom stereocenters. The lowest BCUT2D eigenvalue weighted by molar-refractivity contribution is -0.131. The van der Waals surface area contributed by atoms with Crippen LogP contribution in [0.5, 0.6) is 5.75 Å². The van der Waals surface area contributed by atoms with Crippen LogP contribution in [0.3, 0.4) is 0 Å². The molecule has 1 aromatic carbocycles. The molecule has 0 saturated heterocycles. The van der Waals surface area contributed by atoms with Crippen LogP contribution < -0.4 is 4.74 Å². The minimum Gasteiger partial charge on any atom is -0.427 e. The van der Waals surface area contributed by atoms with Gasteiger partial charge in [0.1, 0.15) is 5.75 Å². The van der Waals surface area contributed by atoms with E-state index in [2.05, 4.69) is 6.58 Å². The molecule has 0 amide bonds. The van der Waals surface area contributed by atoms with E-state index < -0.39 is 0 Å². The van der Waals surface area contributed by atoms with Gasteiger partial charge in [-0.1, -0.05) is 6.08 Å². The molecule has 0 unspecified atom stereocenters. The number of carbonyl (C=O) groups excluding carboxylic acids is 1. The number of esters is 1. The maximum atomic E-state index is 10.6. The van der Waals surface area contributed by atoms with Gasteiger partial charge in [-0.05, 0) is 24.3 Å². The Balaban J connectivity index is 2.58. The van der Waals surface area contributed by atoms with Crippen LogP contribution in [-0.2, 0) is 4.79 Å². The monoisotopic (exact) mass is 208 g/mol. The molecule has 0 radical (unpaired) electrons. The average molecular weight is 208 g/mol. The summed E-state index contributed by atoms with van der Waals surface area (Å²) in [6.45, 7) is 5.03. The van der Waals surface area contributed by atoms with Crippen molar-refractivity contribution < 1.29 is 9.53 Å². The summed E-state index contributed by atoms with van der Waals surface area (Å²) in [5.74, 6) is 1.17. The lowest BCUT2D eigenvalue weighted by Crippen LogP contribution is -2.00. The van der Waals surface area contributed by atoms with Crippen molar-refractivity contribution in [1.29, 1.82) is 0 Å². The summed E-state index contributed by atoms with van der Waals surface area (Å²) >= 11 is 1.69. The summed E-state index contributed by atoms with van der Waals surface area (Å²) in [7, 11) is 0. The van der Waals surface area contributed by atoms with Crippen LogP contribution in [0.1, 0.15) is 6.92 Å². The average Bonchev–Trinajstić information content (AvgIpc) is 2.16. The summed E-state index contributed by atoms with van der Waals surface area (Å²) < 4.78 is 4.91. The van der Waals surface area contributed by atoms with Crippen molar-refractivity contribution in [3.8, 4) is 5.75 Å². The second-order valence-corrected chi connectivity index (χ2v) is 3.76. The molecule has 3 heteroatoms. The summed E-state index contributed by atoms with van der Waals surface area (Å²) in [6.07, 6.45) is 1.85. The summed E-state index contributed by atoms with van der Waals surface area (Å²) in [5.41, 5.74) is 0. The predicted octanol–water partition coefficient (Wildman–Crippen LogP) is 2.89. The molecule has 0 spiro atoms. The third-order valence-electron chi connectivity index (χ3n) is 1.45. The van der Waals surface area contributed by atoms with E-state index in [9.17, 15) is 4.79 Å². The molecule has 1 rings (SSSR count). The number of hydrogen-bond acceptors (Lipinski definition) is 3. The maximum Gasteiger partial charge on any atom is 0.308 e. The molecule has 0 aliphatic carbocycles. The van der Waals surface area contributed by atoms with E-state index in [4.69, 9.17) is 4.74 Å². The lowest BCUT2D eigenvalue weighted by atomic mass is 10.3. The molecular weight excluding hydrogens is 196 g/mol. The van der Waals surface area contributed by atoms with Crippen molar-refractivity contribution >= 4 is 17.7 Å². The molecule has 1 aromatic rings. The van der Waals surface area contributed by atoms with Crippen LogP contribution in [0.15, 0.2) is 41.8 Å². The number of rotatable bonds is 4. The highest BCUT2D eigenvalue weighted by Gasteiger charge is 1.97. The van der Waals surface area contributed by atoms with Crippen LogP contribution in [0, 0.1) is 0 Å². The van der Waals surface area contributed by atoms with Gasteiger partial charge in [0, 0.05) is 17.6 Å². The number of hydrogen-bond donors (Lipinski definition) is 0. The maximum absolute atomic E-state index is 10.6. The molecule has 0 fully saturated rings. The van der Waals surface area contributed by atoms with Crippen molar-refractivity contribution in [3.05, 3.63) is 36.9 Å². The Bertz CT molecular complexity index is 317. The van der Waals surface area contributed by atoms with Crippen LogP contribution in [0.4, 0.5) is 0 Å². The van der Waals surface area contributed by atoms with Crippen LogP contribution in [-0.4, -0.2) is 11.7 Å². The number of carbonyl (C=O) groups is 1. The predicted molar refractivity (Wildman–Crippen MR) is 58.7 cm³/mol. The minimum atomic E-state index is -0.295. The van der Waals surface area contributed by atoms with Crippen molar-refractivity contribution in [2.45, 2.75) is 11.8 Å². The molecule has 0 aliphatic rings. The van der Waals surface area contributed by atoms with Crippen molar-refractivity contribution in [1.82, 2.24) is 0 Å². The smallest absolute Gasteiger partial charge is 0.308 e. The zero-order chi connectivity index (χ0) is 10.4. The summed E-state index contributed by atoms with van der Waals surface area (Å²) in [6, 6.07) is 7.42. The van der Waals surface area contributed by atoms with Gasteiger partial charge in [0.05, 0.1) is 0 Å².